The van der Waals surface area contributed by atoms with Crippen molar-refractivity contribution in [2.24, 2.45) is 11.7 Å². The largest absolute Gasteiger partial charge is 0.497 e. The molecule has 1 aromatic carbocycles. The van der Waals surface area contributed by atoms with E-state index in [0.717, 1.165) is 0 Å². The van der Waals surface area contributed by atoms with Crippen molar-refractivity contribution in [1.82, 2.24) is 0 Å². The number of hydrogen-bond acceptors (Lipinski definition) is 5. The van der Waals surface area contributed by atoms with Crippen molar-refractivity contribution in [3.05, 3.63) is 23.8 Å². The summed E-state index contributed by atoms with van der Waals surface area (Å²) >= 11 is 0. The molecule has 0 saturated carbocycles. The van der Waals surface area contributed by atoms with E-state index in [0.29, 0.717) is 11.4 Å². The Balaban J connectivity index is 3.05. The molecule has 0 aliphatic heterocycles. The third kappa shape index (κ3) is 3.69. The predicted molar refractivity (Wildman–Crippen MR) is 71.2 cm³/mol. The molecule has 0 spiro atoms. The fourth-order valence-corrected chi connectivity index (χ4v) is 1.40. The Morgan fingerprint density at radius 1 is 1.37 bits per heavy atom. The number of benzene rings is 1. The van der Waals surface area contributed by atoms with Crippen molar-refractivity contribution < 1.29 is 19.1 Å². The second-order valence-corrected chi connectivity index (χ2v) is 4.03. The molecule has 1 atom stereocenters. The molecule has 0 aliphatic carbocycles. The third-order valence-corrected chi connectivity index (χ3v) is 2.69. The van der Waals surface area contributed by atoms with Gasteiger partial charge in [0.25, 0.3) is 0 Å². The van der Waals surface area contributed by atoms with Gasteiger partial charge in [0.05, 0.1) is 25.5 Å². The van der Waals surface area contributed by atoms with Gasteiger partial charge < -0.3 is 20.5 Å². The van der Waals surface area contributed by atoms with Gasteiger partial charge in [-0.3, -0.25) is 4.79 Å². The highest BCUT2D eigenvalue weighted by Gasteiger charge is 2.17. The summed E-state index contributed by atoms with van der Waals surface area (Å²) in [6.07, 6.45) is 0. The number of esters is 1. The van der Waals surface area contributed by atoms with E-state index in [1.807, 2.05) is 0 Å². The highest BCUT2D eigenvalue weighted by atomic mass is 16.5. The lowest BCUT2D eigenvalue weighted by atomic mass is 10.1. The lowest BCUT2D eigenvalue weighted by Crippen LogP contribution is -2.27. The van der Waals surface area contributed by atoms with E-state index in [4.69, 9.17) is 10.5 Å². The Morgan fingerprint density at radius 2 is 2.05 bits per heavy atom. The molecule has 6 nitrogen and oxygen atoms in total. The van der Waals surface area contributed by atoms with Gasteiger partial charge in [-0.2, -0.15) is 0 Å². The van der Waals surface area contributed by atoms with E-state index >= 15 is 0 Å². The topological polar surface area (TPSA) is 90.6 Å². The van der Waals surface area contributed by atoms with Crippen molar-refractivity contribution in [3.8, 4) is 5.75 Å². The van der Waals surface area contributed by atoms with Gasteiger partial charge in [0.1, 0.15) is 5.75 Å². The molecule has 0 radical (unpaired) electrons. The lowest BCUT2D eigenvalue weighted by Gasteiger charge is -2.13. The molecule has 104 valence electrons. The molecular weight excluding hydrogens is 248 g/mol. The summed E-state index contributed by atoms with van der Waals surface area (Å²) in [4.78, 5) is 23.5. The van der Waals surface area contributed by atoms with Gasteiger partial charge in [-0.1, -0.05) is 6.92 Å². The van der Waals surface area contributed by atoms with Gasteiger partial charge in [0, 0.05) is 12.5 Å². The number of nitrogens with two attached hydrogens (primary N) is 1. The van der Waals surface area contributed by atoms with Crippen LogP contribution in [0.15, 0.2) is 18.2 Å². The number of carbonyl (C=O) groups is 2. The lowest BCUT2D eigenvalue weighted by molar-refractivity contribution is -0.119. The zero-order valence-corrected chi connectivity index (χ0v) is 11.2. The fourth-order valence-electron chi connectivity index (χ4n) is 1.40. The molecule has 6 heteroatoms. The van der Waals surface area contributed by atoms with E-state index in [2.05, 4.69) is 10.1 Å². The SMILES string of the molecule is COC(=O)c1cc(OC)ccc1NC(=O)C(C)CN. The van der Waals surface area contributed by atoms with Crippen LogP contribution in [0.25, 0.3) is 0 Å². The van der Waals surface area contributed by atoms with E-state index in [9.17, 15) is 9.59 Å². The minimum Gasteiger partial charge on any atom is -0.497 e. The first-order chi connectivity index (χ1) is 9.03. The standard InChI is InChI=1S/C13H18N2O4/c1-8(7-14)12(16)15-11-5-4-9(18-2)6-10(11)13(17)19-3/h4-6,8H,7,14H2,1-3H3,(H,15,16). The first-order valence-corrected chi connectivity index (χ1v) is 5.80. The molecule has 0 saturated heterocycles. The molecule has 0 bridgehead atoms. The Morgan fingerprint density at radius 3 is 2.58 bits per heavy atom. The minimum atomic E-state index is -0.547. The van der Waals surface area contributed by atoms with Crippen LogP contribution in [-0.4, -0.2) is 32.6 Å². The normalized spacial score (nSPS) is 11.6. The van der Waals surface area contributed by atoms with Crippen molar-refractivity contribution in [2.45, 2.75) is 6.92 Å². The van der Waals surface area contributed by atoms with Crippen LogP contribution in [0, 0.1) is 5.92 Å². The average molecular weight is 266 g/mol. The third-order valence-electron chi connectivity index (χ3n) is 2.69. The molecule has 1 amide bonds. The maximum atomic E-state index is 11.8. The number of nitrogens with one attached hydrogen (secondary N) is 1. The number of amides is 1. The van der Waals surface area contributed by atoms with Crippen molar-refractivity contribution in [2.75, 3.05) is 26.1 Å². The predicted octanol–water partition coefficient (Wildman–Crippen LogP) is 1.02. The monoisotopic (exact) mass is 266 g/mol. The summed E-state index contributed by atoms with van der Waals surface area (Å²) in [6.45, 7) is 1.94. The maximum Gasteiger partial charge on any atom is 0.340 e. The summed E-state index contributed by atoms with van der Waals surface area (Å²) in [6, 6.07) is 4.75. The van der Waals surface area contributed by atoms with Gasteiger partial charge in [0.2, 0.25) is 5.91 Å². The van der Waals surface area contributed by atoms with Crippen LogP contribution in [0.4, 0.5) is 5.69 Å². The molecule has 0 fully saturated rings. The van der Waals surface area contributed by atoms with Gasteiger partial charge in [-0.15, -0.1) is 0 Å². The highest BCUT2D eigenvalue weighted by Crippen LogP contribution is 2.23. The number of hydrogen-bond donors (Lipinski definition) is 2. The number of ether oxygens (including phenoxy) is 2. The Labute approximate surface area is 111 Å². The van der Waals surface area contributed by atoms with Crippen molar-refractivity contribution in [3.63, 3.8) is 0 Å². The van der Waals surface area contributed by atoms with Gasteiger partial charge in [-0.05, 0) is 18.2 Å². The van der Waals surface area contributed by atoms with Crippen LogP contribution in [-0.2, 0) is 9.53 Å². The first kappa shape index (κ1) is 15.0. The van der Waals surface area contributed by atoms with Crippen molar-refractivity contribution in [1.29, 1.82) is 0 Å². The number of methoxy groups -OCH3 is 2. The molecular formula is C13H18N2O4. The van der Waals surface area contributed by atoms with E-state index < -0.39 is 5.97 Å². The maximum absolute atomic E-state index is 11.8. The second kappa shape index (κ2) is 6.75. The number of anilines is 1. The van der Waals surface area contributed by atoms with Gasteiger partial charge in [-0.25, -0.2) is 4.79 Å². The molecule has 1 rings (SSSR count). The van der Waals surface area contributed by atoms with E-state index in [1.165, 1.54) is 20.3 Å². The molecule has 3 N–H and O–H groups in total. The molecule has 1 unspecified atom stereocenters. The molecule has 1 aromatic rings. The Hall–Kier alpha value is -2.08. The van der Waals surface area contributed by atoms with Crippen LogP contribution in [0.2, 0.25) is 0 Å². The van der Waals surface area contributed by atoms with E-state index in [-0.39, 0.29) is 23.9 Å². The Kier molecular flexibility index (Phi) is 5.32. The zero-order chi connectivity index (χ0) is 14.4. The smallest absolute Gasteiger partial charge is 0.340 e. The minimum absolute atomic E-state index is 0.232. The summed E-state index contributed by atoms with van der Waals surface area (Å²) in [5.41, 5.74) is 6.03. The molecule has 0 aromatic heterocycles. The highest BCUT2D eigenvalue weighted by molar-refractivity contribution is 6.02. The summed E-state index contributed by atoms with van der Waals surface area (Å²) in [5, 5.41) is 2.65. The average Bonchev–Trinajstić information content (AvgIpc) is 2.45. The van der Waals surface area contributed by atoms with Gasteiger partial charge >= 0.3 is 5.97 Å². The van der Waals surface area contributed by atoms with Gasteiger partial charge in [0.15, 0.2) is 0 Å². The molecule has 0 heterocycles. The quantitative estimate of drug-likeness (QED) is 0.776. The molecule has 19 heavy (non-hydrogen) atoms. The van der Waals surface area contributed by atoms with Crippen LogP contribution >= 0.6 is 0 Å². The Bertz CT molecular complexity index is 474. The summed E-state index contributed by atoms with van der Waals surface area (Å²) in [5.74, 6) is -0.634. The van der Waals surface area contributed by atoms with Crippen molar-refractivity contribution >= 4 is 17.6 Å². The summed E-state index contributed by atoms with van der Waals surface area (Å²) < 4.78 is 9.71. The van der Waals surface area contributed by atoms with Crippen LogP contribution in [0.5, 0.6) is 5.75 Å². The summed E-state index contributed by atoms with van der Waals surface area (Å²) in [7, 11) is 2.76. The molecule has 0 aliphatic rings. The number of carbonyl (C=O) groups excluding carboxylic acids is 2. The zero-order valence-electron chi connectivity index (χ0n) is 11.2. The van der Waals surface area contributed by atoms with E-state index in [1.54, 1.807) is 19.1 Å². The van der Waals surface area contributed by atoms with Crippen LogP contribution in [0.1, 0.15) is 17.3 Å². The second-order valence-electron chi connectivity index (χ2n) is 4.03. The first-order valence-electron chi connectivity index (χ1n) is 5.80. The fraction of sp³-hybridized carbons (Fsp3) is 0.385. The van der Waals surface area contributed by atoms with Crippen LogP contribution < -0.4 is 15.8 Å². The van der Waals surface area contributed by atoms with Crippen LogP contribution in [0.3, 0.4) is 0 Å². The number of rotatable bonds is 5.